The van der Waals surface area contributed by atoms with Gasteiger partial charge in [-0.15, -0.1) is 0 Å². The molecule has 0 bridgehead atoms. The van der Waals surface area contributed by atoms with Crippen LogP contribution < -0.4 is 4.74 Å². The molecule has 2 fully saturated rings. The lowest BCUT2D eigenvalue weighted by Gasteiger charge is -2.38. The molecule has 2 aliphatic rings. The Kier molecular flexibility index (Phi) is 5.99. The molecule has 1 heterocycles. The van der Waals surface area contributed by atoms with Gasteiger partial charge in [0.15, 0.2) is 0 Å². The highest BCUT2D eigenvalue weighted by molar-refractivity contribution is 5.67. The Labute approximate surface area is 147 Å². The molecule has 2 heteroatoms. The fourth-order valence-corrected chi connectivity index (χ4v) is 4.24. The van der Waals surface area contributed by atoms with Crippen LogP contribution in [-0.2, 0) is 0 Å². The molecule has 2 nitrogen and oxygen atoms in total. The first kappa shape index (κ1) is 17.5. The van der Waals surface area contributed by atoms with Gasteiger partial charge in [-0.1, -0.05) is 37.0 Å². The number of hydrogen-bond donors (Lipinski definition) is 0. The predicted molar refractivity (Wildman–Crippen MR) is 102 cm³/mol. The molecule has 1 aromatic carbocycles. The van der Waals surface area contributed by atoms with Crippen LogP contribution in [0.3, 0.4) is 0 Å². The first-order chi connectivity index (χ1) is 11.6. The summed E-state index contributed by atoms with van der Waals surface area (Å²) in [6, 6.07) is 9.52. The smallest absolute Gasteiger partial charge is 0.119 e. The van der Waals surface area contributed by atoms with E-state index >= 15 is 0 Å². The van der Waals surface area contributed by atoms with E-state index in [2.05, 4.69) is 49.9 Å². The average Bonchev–Trinajstić information content (AvgIpc) is 2.62. The zero-order valence-electron chi connectivity index (χ0n) is 15.7. The highest BCUT2D eigenvalue weighted by atomic mass is 16.5. The maximum Gasteiger partial charge on any atom is 0.119 e. The van der Waals surface area contributed by atoms with Gasteiger partial charge in [-0.3, -0.25) is 4.90 Å². The Bertz CT molecular complexity index is 542. The number of hydrogen-bond acceptors (Lipinski definition) is 2. The summed E-state index contributed by atoms with van der Waals surface area (Å²) in [5, 5.41) is 0. The molecule has 0 unspecified atom stereocenters. The Morgan fingerprint density at radius 2 is 1.62 bits per heavy atom. The second-order valence-electron chi connectivity index (χ2n) is 7.75. The summed E-state index contributed by atoms with van der Waals surface area (Å²) in [6.07, 6.45) is 9.90. The highest BCUT2D eigenvalue weighted by Crippen LogP contribution is 2.31. The molecule has 1 saturated carbocycles. The molecular weight excluding hydrogens is 294 g/mol. The third-order valence-electron chi connectivity index (χ3n) is 5.68. The van der Waals surface area contributed by atoms with Gasteiger partial charge in [0, 0.05) is 19.1 Å². The normalized spacial score (nSPS) is 20.4. The standard InChI is InChI=1S/C22H33NO/c1-17(2)24-22-11-9-19(10-12-22)18(3)20-13-15-23(16-14-20)21-7-5-4-6-8-21/h9-12,17,21H,4-8,13-16H2,1-3H3. The molecule has 0 N–H and O–H groups in total. The van der Waals surface area contributed by atoms with Gasteiger partial charge in [0.2, 0.25) is 0 Å². The van der Waals surface area contributed by atoms with Crippen molar-refractivity contribution in [2.45, 2.75) is 77.9 Å². The largest absolute Gasteiger partial charge is 0.491 e. The zero-order valence-corrected chi connectivity index (χ0v) is 15.7. The number of piperidine rings is 1. The Morgan fingerprint density at radius 3 is 2.21 bits per heavy atom. The monoisotopic (exact) mass is 327 g/mol. The van der Waals surface area contributed by atoms with Crippen LogP contribution in [0.2, 0.25) is 0 Å². The van der Waals surface area contributed by atoms with E-state index < -0.39 is 0 Å². The lowest BCUT2D eigenvalue weighted by atomic mass is 9.90. The van der Waals surface area contributed by atoms with Crippen LogP contribution in [0.15, 0.2) is 29.8 Å². The van der Waals surface area contributed by atoms with Gasteiger partial charge in [0.05, 0.1) is 6.10 Å². The van der Waals surface area contributed by atoms with Crippen molar-refractivity contribution in [1.82, 2.24) is 4.90 Å². The Morgan fingerprint density at radius 1 is 1.00 bits per heavy atom. The molecule has 1 aromatic rings. The lowest BCUT2D eigenvalue weighted by Crippen LogP contribution is -2.40. The Hall–Kier alpha value is -1.28. The number of rotatable bonds is 4. The van der Waals surface area contributed by atoms with Crippen LogP contribution >= 0.6 is 0 Å². The summed E-state index contributed by atoms with van der Waals surface area (Å²) in [6.45, 7) is 8.95. The van der Waals surface area contributed by atoms with Crippen LogP contribution in [0.25, 0.3) is 5.57 Å². The molecule has 1 aliphatic heterocycles. The topological polar surface area (TPSA) is 12.5 Å². The fourth-order valence-electron chi connectivity index (χ4n) is 4.24. The summed E-state index contributed by atoms with van der Waals surface area (Å²) in [5.41, 5.74) is 4.49. The van der Waals surface area contributed by atoms with Gasteiger partial charge in [0.1, 0.15) is 5.75 Å². The molecule has 0 radical (unpaired) electrons. The number of ether oxygens (including phenoxy) is 1. The Balaban J connectivity index is 1.60. The van der Waals surface area contributed by atoms with Crippen LogP contribution in [0.4, 0.5) is 0 Å². The van der Waals surface area contributed by atoms with Gasteiger partial charge in [-0.2, -0.15) is 0 Å². The first-order valence-corrected chi connectivity index (χ1v) is 9.83. The maximum absolute atomic E-state index is 5.75. The van der Waals surface area contributed by atoms with E-state index in [0.717, 1.165) is 11.8 Å². The van der Waals surface area contributed by atoms with Crippen molar-refractivity contribution < 1.29 is 4.74 Å². The quantitative estimate of drug-likeness (QED) is 0.706. The molecule has 0 aromatic heterocycles. The van der Waals surface area contributed by atoms with Crippen LogP contribution in [0.5, 0.6) is 5.75 Å². The van der Waals surface area contributed by atoms with Gasteiger partial charge < -0.3 is 4.74 Å². The van der Waals surface area contributed by atoms with Crippen molar-refractivity contribution in [3.63, 3.8) is 0 Å². The van der Waals surface area contributed by atoms with Crippen molar-refractivity contribution in [3.05, 3.63) is 35.4 Å². The number of nitrogens with zero attached hydrogens (tertiary/aromatic N) is 1. The summed E-state index contributed by atoms with van der Waals surface area (Å²) in [5.74, 6) is 0.971. The van der Waals surface area contributed by atoms with E-state index in [4.69, 9.17) is 4.74 Å². The number of allylic oxidation sites excluding steroid dienone is 1. The molecule has 0 amide bonds. The maximum atomic E-state index is 5.75. The SMILES string of the molecule is CC(=C1CCN(C2CCCCC2)CC1)c1ccc(OC(C)C)cc1. The average molecular weight is 328 g/mol. The second-order valence-corrected chi connectivity index (χ2v) is 7.75. The minimum Gasteiger partial charge on any atom is -0.491 e. The second kappa shape index (κ2) is 8.20. The van der Waals surface area contributed by atoms with Gasteiger partial charge in [-0.05, 0) is 69.7 Å². The zero-order chi connectivity index (χ0) is 16.9. The van der Waals surface area contributed by atoms with Crippen molar-refractivity contribution in [3.8, 4) is 5.75 Å². The summed E-state index contributed by atoms with van der Waals surface area (Å²) < 4.78 is 5.75. The van der Waals surface area contributed by atoms with Crippen LogP contribution in [-0.4, -0.2) is 30.1 Å². The van der Waals surface area contributed by atoms with E-state index in [1.165, 1.54) is 69.2 Å². The van der Waals surface area contributed by atoms with Gasteiger partial charge in [0.25, 0.3) is 0 Å². The van der Waals surface area contributed by atoms with Crippen molar-refractivity contribution in [2.24, 2.45) is 0 Å². The minimum atomic E-state index is 0.236. The number of benzene rings is 1. The highest BCUT2D eigenvalue weighted by Gasteiger charge is 2.24. The molecule has 24 heavy (non-hydrogen) atoms. The summed E-state index contributed by atoms with van der Waals surface area (Å²) in [4.78, 5) is 2.76. The van der Waals surface area contributed by atoms with Gasteiger partial charge >= 0.3 is 0 Å². The third kappa shape index (κ3) is 4.42. The predicted octanol–water partition coefficient (Wildman–Crippen LogP) is 5.68. The molecule has 132 valence electrons. The first-order valence-electron chi connectivity index (χ1n) is 9.83. The third-order valence-corrected chi connectivity index (χ3v) is 5.68. The van der Waals surface area contributed by atoms with E-state index in [1.807, 2.05) is 0 Å². The molecule has 0 spiro atoms. The van der Waals surface area contributed by atoms with E-state index in [9.17, 15) is 0 Å². The van der Waals surface area contributed by atoms with Crippen LogP contribution in [0, 0.1) is 0 Å². The summed E-state index contributed by atoms with van der Waals surface area (Å²) >= 11 is 0. The lowest BCUT2D eigenvalue weighted by molar-refractivity contribution is 0.146. The van der Waals surface area contributed by atoms with Crippen molar-refractivity contribution >= 4 is 5.57 Å². The van der Waals surface area contributed by atoms with E-state index in [1.54, 1.807) is 5.57 Å². The van der Waals surface area contributed by atoms with Crippen LogP contribution in [0.1, 0.15) is 71.3 Å². The van der Waals surface area contributed by atoms with Crippen molar-refractivity contribution in [2.75, 3.05) is 13.1 Å². The number of likely N-dealkylation sites (tertiary alicyclic amines) is 1. The minimum absolute atomic E-state index is 0.236. The van der Waals surface area contributed by atoms with E-state index in [0.29, 0.717) is 0 Å². The molecule has 0 atom stereocenters. The van der Waals surface area contributed by atoms with E-state index in [-0.39, 0.29) is 6.10 Å². The molecular formula is C22H33NO. The molecule has 1 saturated heterocycles. The van der Waals surface area contributed by atoms with Gasteiger partial charge in [-0.25, -0.2) is 0 Å². The fraction of sp³-hybridized carbons (Fsp3) is 0.636. The summed E-state index contributed by atoms with van der Waals surface area (Å²) in [7, 11) is 0. The van der Waals surface area contributed by atoms with Crippen molar-refractivity contribution in [1.29, 1.82) is 0 Å². The molecule has 1 aliphatic carbocycles. The molecule has 3 rings (SSSR count).